The summed E-state index contributed by atoms with van der Waals surface area (Å²) in [5.41, 5.74) is 0.914. The van der Waals surface area contributed by atoms with Gasteiger partial charge in [0.25, 0.3) is 0 Å². The third-order valence-corrected chi connectivity index (χ3v) is 2.88. The predicted octanol–water partition coefficient (Wildman–Crippen LogP) is 1.82. The van der Waals surface area contributed by atoms with E-state index in [-0.39, 0.29) is 17.8 Å². The van der Waals surface area contributed by atoms with E-state index in [1.165, 1.54) is 0 Å². The smallest absolute Gasteiger partial charge is 0.309 e. The van der Waals surface area contributed by atoms with Crippen molar-refractivity contribution in [3.8, 4) is 11.5 Å². The van der Waals surface area contributed by atoms with E-state index in [0.717, 1.165) is 5.56 Å². The molecule has 0 radical (unpaired) electrons. The van der Waals surface area contributed by atoms with Crippen LogP contribution in [0.1, 0.15) is 36.0 Å². The number of rotatable bonds is 6. The van der Waals surface area contributed by atoms with Crippen molar-refractivity contribution in [1.29, 1.82) is 0 Å². The summed E-state index contributed by atoms with van der Waals surface area (Å²) in [5, 5.41) is 10.3. The lowest BCUT2D eigenvalue weighted by Gasteiger charge is -2.08. The highest BCUT2D eigenvalue weighted by Crippen LogP contribution is 2.28. The second-order valence-corrected chi connectivity index (χ2v) is 5.00. The molecule has 0 saturated heterocycles. The molecular formula is C15H19N3O4. The lowest BCUT2D eigenvalue weighted by molar-refractivity contribution is 0.0906. The number of methoxy groups -OCH3 is 2. The van der Waals surface area contributed by atoms with Crippen LogP contribution in [0, 0.1) is 0 Å². The first kappa shape index (κ1) is 15.8. The molecule has 0 aliphatic rings. The molecule has 1 amide bonds. The van der Waals surface area contributed by atoms with E-state index in [2.05, 4.69) is 15.5 Å². The molecule has 0 atom stereocenters. The Hall–Kier alpha value is -2.57. The zero-order chi connectivity index (χ0) is 16.1. The minimum Gasteiger partial charge on any atom is -0.493 e. The van der Waals surface area contributed by atoms with Crippen molar-refractivity contribution in [3.05, 3.63) is 35.5 Å². The molecule has 0 saturated carbocycles. The molecule has 7 heteroatoms. The number of nitrogens with zero attached hydrogens (tertiary/aromatic N) is 2. The largest absolute Gasteiger partial charge is 0.493 e. The molecule has 0 aliphatic heterocycles. The van der Waals surface area contributed by atoms with Crippen molar-refractivity contribution in [2.45, 2.75) is 26.3 Å². The van der Waals surface area contributed by atoms with Crippen molar-refractivity contribution < 1.29 is 18.7 Å². The van der Waals surface area contributed by atoms with Crippen LogP contribution >= 0.6 is 0 Å². The van der Waals surface area contributed by atoms with Crippen LogP contribution in [0.2, 0.25) is 0 Å². The van der Waals surface area contributed by atoms with Gasteiger partial charge in [-0.1, -0.05) is 6.07 Å². The highest BCUT2D eigenvalue weighted by atomic mass is 16.5. The summed E-state index contributed by atoms with van der Waals surface area (Å²) in [6, 6.07) is 5.52. The zero-order valence-electron chi connectivity index (χ0n) is 13.0. The maximum Gasteiger partial charge on any atom is 0.309 e. The second-order valence-electron chi connectivity index (χ2n) is 5.00. The highest BCUT2D eigenvalue weighted by molar-refractivity contribution is 5.89. The lowest BCUT2D eigenvalue weighted by Crippen LogP contribution is -2.30. The monoisotopic (exact) mass is 305 g/mol. The Morgan fingerprint density at radius 2 is 1.95 bits per heavy atom. The van der Waals surface area contributed by atoms with Gasteiger partial charge in [-0.05, 0) is 31.5 Å². The van der Waals surface area contributed by atoms with Gasteiger partial charge in [-0.3, -0.25) is 4.79 Å². The van der Waals surface area contributed by atoms with Gasteiger partial charge < -0.3 is 19.2 Å². The van der Waals surface area contributed by atoms with Crippen molar-refractivity contribution in [3.63, 3.8) is 0 Å². The van der Waals surface area contributed by atoms with Crippen molar-refractivity contribution in [2.75, 3.05) is 14.2 Å². The molecule has 0 unspecified atom stereocenters. The van der Waals surface area contributed by atoms with E-state index in [4.69, 9.17) is 13.9 Å². The summed E-state index contributed by atoms with van der Waals surface area (Å²) < 4.78 is 15.8. The Bertz CT molecular complexity index is 652. The predicted molar refractivity (Wildman–Crippen MR) is 79.3 cm³/mol. The number of carbonyl (C=O) groups excluding carboxylic acids is 1. The number of benzene rings is 1. The van der Waals surface area contributed by atoms with E-state index < -0.39 is 0 Å². The Kier molecular flexibility index (Phi) is 4.98. The lowest BCUT2D eigenvalue weighted by atomic mass is 10.1. The van der Waals surface area contributed by atoms with E-state index in [1.54, 1.807) is 20.3 Å². The molecule has 2 rings (SSSR count). The van der Waals surface area contributed by atoms with Crippen LogP contribution in [-0.4, -0.2) is 36.4 Å². The Morgan fingerprint density at radius 1 is 1.23 bits per heavy atom. The first-order valence-corrected chi connectivity index (χ1v) is 6.87. The standard InChI is InChI=1S/C15H19N3O4/c1-9(2)16-14(19)15-18-17-13(22-15)8-10-5-6-11(20-3)12(7-10)21-4/h5-7,9H,8H2,1-4H3,(H,16,19). The maximum atomic E-state index is 11.8. The quantitative estimate of drug-likeness (QED) is 0.876. The van der Waals surface area contributed by atoms with Gasteiger partial charge in [0.1, 0.15) is 0 Å². The van der Waals surface area contributed by atoms with E-state index in [0.29, 0.717) is 23.8 Å². The van der Waals surface area contributed by atoms with E-state index >= 15 is 0 Å². The first-order valence-electron chi connectivity index (χ1n) is 6.87. The molecule has 0 bridgehead atoms. The van der Waals surface area contributed by atoms with Crippen molar-refractivity contribution in [2.24, 2.45) is 0 Å². The van der Waals surface area contributed by atoms with Gasteiger partial charge in [-0.15, -0.1) is 10.2 Å². The fourth-order valence-electron chi connectivity index (χ4n) is 1.91. The van der Waals surface area contributed by atoms with Gasteiger partial charge in [0.05, 0.1) is 20.6 Å². The molecule has 0 aliphatic carbocycles. The number of ether oxygens (including phenoxy) is 2. The molecule has 1 aromatic heterocycles. The van der Waals surface area contributed by atoms with E-state index in [9.17, 15) is 4.79 Å². The summed E-state index contributed by atoms with van der Waals surface area (Å²) in [4.78, 5) is 11.8. The molecule has 22 heavy (non-hydrogen) atoms. The number of carbonyl (C=O) groups is 1. The molecule has 1 N–H and O–H groups in total. The van der Waals surface area contributed by atoms with E-state index in [1.807, 2.05) is 26.0 Å². The number of nitrogens with one attached hydrogen (secondary N) is 1. The van der Waals surface area contributed by atoms with Gasteiger partial charge in [-0.2, -0.15) is 0 Å². The molecule has 1 aromatic carbocycles. The van der Waals surface area contributed by atoms with Gasteiger partial charge in [0.15, 0.2) is 11.5 Å². The summed E-state index contributed by atoms with van der Waals surface area (Å²) in [5.74, 6) is 1.22. The number of hydrogen-bond donors (Lipinski definition) is 1. The molecule has 0 spiro atoms. The molecule has 7 nitrogen and oxygen atoms in total. The van der Waals surface area contributed by atoms with Gasteiger partial charge in [0, 0.05) is 6.04 Å². The van der Waals surface area contributed by atoms with Crippen LogP contribution in [0.4, 0.5) is 0 Å². The average molecular weight is 305 g/mol. The first-order chi connectivity index (χ1) is 10.5. The van der Waals surface area contributed by atoms with Crippen LogP contribution in [-0.2, 0) is 6.42 Å². The number of hydrogen-bond acceptors (Lipinski definition) is 6. The summed E-state index contributed by atoms with van der Waals surface area (Å²) in [6.07, 6.45) is 0.405. The number of amides is 1. The Balaban J connectivity index is 2.11. The molecule has 0 fully saturated rings. The Morgan fingerprint density at radius 3 is 2.59 bits per heavy atom. The third-order valence-electron chi connectivity index (χ3n) is 2.88. The van der Waals surface area contributed by atoms with Crippen molar-refractivity contribution >= 4 is 5.91 Å². The van der Waals surface area contributed by atoms with Crippen LogP contribution in [0.3, 0.4) is 0 Å². The topological polar surface area (TPSA) is 86.5 Å². The second kappa shape index (κ2) is 6.93. The van der Waals surface area contributed by atoms with Crippen LogP contribution in [0.15, 0.2) is 22.6 Å². The summed E-state index contributed by atoms with van der Waals surface area (Å²) in [7, 11) is 3.15. The molecule has 1 heterocycles. The molecule has 2 aromatic rings. The van der Waals surface area contributed by atoms with Crippen LogP contribution < -0.4 is 14.8 Å². The van der Waals surface area contributed by atoms with Gasteiger partial charge in [0.2, 0.25) is 5.89 Å². The fraction of sp³-hybridized carbons (Fsp3) is 0.400. The maximum absolute atomic E-state index is 11.8. The Labute approximate surface area is 128 Å². The SMILES string of the molecule is COc1ccc(Cc2nnc(C(=O)NC(C)C)o2)cc1OC. The van der Waals surface area contributed by atoms with Crippen LogP contribution in [0.25, 0.3) is 0 Å². The van der Waals surface area contributed by atoms with Gasteiger partial charge in [-0.25, -0.2) is 0 Å². The van der Waals surface area contributed by atoms with Crippen molar-refractivity contribution in [1.82, 2.24) is 15.5 Å². The highest BCUT2D eigenvalue weighted by Gasteiger charge is 2.16. The zero-order valence-corrected chi connectivity index (χ0v) is 13.0. The average Bonchev–Trinajstić information content (AvgIpc) is 2.95. The fourth-order valence-corrected chi connectivity index (χ4v) is 1.91. The minimum atomic E-state index is -0.374. The van der Waals surface area contributed by atoms with Crippen LogP contribution in [0.5, 0.6) is 11.5 Å². The third kappa shape index (κ3) is 3.75. The molecular weight excluding hydrogens is 286 g/mol. The summed E-state index contributed by atoms with van der Waals surface area (Å²) in [6.45, 7) is 3.72. The minimum absolute atomic E-state index is 0.00805. The summed E-state index contributed by atoms with van der Waals surface area (Å²) >= 11 is 0. The number of aromatic nitrogens is 2. The normalized spacial score (nSPS) is 10.6. The van der Waals surface area contributed by atoms with Gasteiger partial charge >= 0.3 is 11.8 Å². The molecule has 118 valence electrons.